The van der Waals surface area contributed by atoms with Crippen LogP contribution in [0.1, 0.15) is 18.9 Å². The topological polar surface area (TPSA) is 86.0 Å². The molecule has 146 valence electrons. The molecule has 0 spiro atoms. The maximum Gasteiger partial charge on any atom is 0.318 e. The van der Waals surface area contributed by atoms with Crippen LogP contribution in [0, 0.1) is 0 Å². The van der Waals surface area contributed by atoms with Gasteiger partial charge in [-0.2, -0.15) is 0 Å². The summed E-state index contributed by atoms with van der Waals surface area (Å²) in [6.45, 7) is 2.69. The number of nitrogens with one attached hydrogen (secondary N) is 1. The summed E-state index contributed by atoms with van der Waals surface area (Å²) in [6, 6.07) is 11.4. The number of aryl methyl sites for hydroxylation is 2. The molecule has 0 aliphatic heterocycles. The minimum absolute atomic E-state index is 0.0996. The van der Waals surface area contributed by atoms with E-state index in [2.05, 4.69) is 10.3 Å². The van der Waals surface area contributed by atoms with Crippen LogP contribution >= 0.6 is 11.8 Å². The Labute approximate surface area is 166 Å². The van der Waals surface area contributed by atoms with Gasteiger partial charge in [0, 0.05) is 37.1 Å². The van der Waals surface area contributed by atoms with Crippen LogP contribution in [0.2, 0.25) is 0 Å². The van der Waals surface area contributed by atoms with Crippen molar-refractivity contribution < 1.29 is 4.79 Å². The highest BCUT2D eigenvalue weighted by molar-refractivity contribution is 7.98. The molecular weight excluding hydrogens is 376 g/mol. The molecule has 1 N–H and O–H groups in total. The summed E-state index contributed by atoms with van der Waals surface area (Å²) in [5, 5.41) is 2.85. The summed E-state index contributed by atoms with van der Waals surface area (Å²) >= 11 is 1.66. The Morgan fingerprint density at radius 2 is 1.82 bits per heavy atom. The highest BCUT2D eigenvalue weighted by atomic mass is 32.2. The number of carbonyl (C=O) groups is 1. The third kappa shape index (κ3) is 4.17. The number of benzene rings is 1. The van der Waals surface area contributed by atoms with E-state index < -0.39 is 11.1 Å². The third-order valence-electron chi connectivity index (χ3n) is 4.51. The average molecular weight is 398 g/mol. The molecular formula is C20H22N4O3S. The number of pyridine rings is 1. The van der Waals surface area contributed by atoms with Gasteiger partial charge < -0.3 is 9.88 Å². The Balaban J connectivity index is 1.72. The van der Waals surface area contributed by atoms with Crippen molar-refractivity contribution in [2.24, 2.45) is 0 Å². The van der Waals surface area contributed by atoms with Crippen molar-refractivity contribution in [3.8, 4) is 0 Å². The molecule has 0 radical (unpaired) electrons. The predicted octanol–water partition coefficient (Wildman–Crippen LogP) is 2.01. The average Bonchev–Trinajstić information content (AvgIpc) is 2.73. The van der Waals surface area contributed by atoms with Gasteiger partial charge in [-0.15, -0.1) is 11.8 Å². The molecule has 1 amide bonds. The van der Waals surface area contributed by atoms with Gasteiger partial charge in [0.25, 0.3) is 0 Å². The molecule has 0 atom stereocenters. The standard InChI is InChI=1S/C20H22N4O3S/c1-3-23-18-16(5-4-11-21-18)24(20(27)19(23)26)12-10-17(25)22-13-14-6-8-15(28-2)9-7-14/h4-9,11H,3,10,12-13H2,1-2H3,(H,22,25). The molecule has 3 aromatic rings. The zero-order valence-electron chi connectivity index (χ0n) is 15.8. The van der Waals surface area contributed by atoms with Crippen molar-refractivity contribution in [3.63, 3.8) is 0 Å². The van der Waals surface area contributed by atoms with Gasteiger partial charge in [0.15, 0.2) is 5.65 Å². The predicted molar refractivity (Wildman–Crippen MR) is 111 cm³/mol. The lowest BCUT2D eigenvalue weighted by molar-refractivity contribution is -0.121. The molecule has 2 aromatic heterocycles. The van der Waals surface area contributed by atoms with E-state index in [4.69, 9.17) is 0 Å². The molecule has 1 aromatic carbocycles. The Morgan fingerprint density at radius 1 is 1.11 bits per heavy atom. The first kappa shape index (κ1) is 19.9. The number of nitrogens with zero attached hydrogens (tertiary/aromatic N) is 3. The van der Waals surface area contributed by atoms with E-state index in [1.807, 2.05) is 30.5 Å². The highest BCUT2D eigenvalue weighted by Crippen LogP contribution is 2.14. The SMILES string of the molecule is CCn1c(=O)c(=O)n(CCC(=O)NCc2ccc(SC)cc2)c2cccnc21. The molecule has 0 unspecified atom stereocenters. The minimum Gasteiger partial charge on any atom is -0.352 e. The molecule has 2 heterocycles. The van der Waals surface area contributed by atoms with E-state index in [1.165, 1.54) is 9.13 Å². The number of fused-ring (bicyclic) bond motifs is 1. The molecule has 8 heteroatoms. The first-order valence-corrected chi connectivity index (χ1v) is 10.3. The normalized spacial score (nSPS) is 10.9. The largest absolute Gasteiger partial charge is 0.352 e. The number of hydrogen-bond donors (Lipinski definition) is 1. The fraction of sp³-hybridized carbons (Fsp3) is 0.300. The van der Waals surface area contributed by atoms with Crippen molar-refractivity contribution in [1.82, 2.24) is 19.4 Å². The monoisotopic (exact) mass is 398 g/mol. The molecule has 0 saturated carbocycles. The summed E-state index contributed by atoms with van der Waals surface area (Å²) in [5.74, 6) is -0.183. The van der Waals surface area contributed by atoms with Gasteiger partial charge in [0.1, 0.15) is 0 Å². The molecule has 3 rings (SSSR count). The lowest BCUT2D eigenvalue weighted by atomic mass is 10.2. The van der Waals surface area contributed by atoms with Crippen LogP contribution in [-0.2, 0) is 24.4 Å². The molecule has 0 fully saturated rings. The van der Waals surface area contributed by atoms with Crippen molar-refractivity contribution in [2.45, 2.75) is 37.9 Å². The summed E-state index contributed by atoms with van der Waals surface area (Å²) in [4.78, 5) is 42.4. The van der Waals surface area contributed by atoms with Crippen LogP contribution in [0.5, 0.6) is 0 Å². The minimum atomic E-state index is -0.636. The zero-order valence-corrected chi connectivity index (χ0v) is 16.7. The second-order valence-electron chi connectivity index (χ2n) is 6.23. The zero-order chi connectivity index (χ0) is 20.1. The van der Waals surface area contributed by atoms with Crippen LogP contribution in [0.15, 0.2) is 57.1 Å². The number of aromatic nitrogens is 3. The van der Waals surface area contributed by atoms with E-state index in [0.717, 1.165) is 10.5 Å². The van der Waals surface area contributed by atoms with Crippen LogP contribution in [0.25, 0.3) is 11.2 Å². The van der Waals surface area contributed by atoms with E-state index in [0.29, 0.717) is 24.3 Å². The van der Waals surface area contributed by atoms with Crippen LogP contribution < -0.4 is 16.4 Å². The van der Waals surface area contributed by atoms with E-state index in [1.54, 1.807) is 37.0 Å². The van der Waals surface area contributed by atoms with E-state index in [-0.39, 0.29) is 18.9 Å². The first-order valence-electron chi connectivity index (χ1n) is 9.03. The maximum atomic E-state index is 12.5. The second-order valence-corrected chi connectivity index (χ2v) is 7.11. The number of hydrogen-bond acceptors (Lipinski definition) is 5. The fourth-order valence-corrected chi connectivity index (χ4v) is 3.41. The first-order chi connectivity index (χ1) is 13.5. The number of amides is 1. The van der Waals surface area contributed by atoms with E-state index >= 15 is 0 Å². The number of carbonyl (C=O) groups excluding carboxylic acids is 1. The van der Waals surface area contributed by atoms with Gasteiger partial charge in [-0.1, -0.05) is 12.1 Å². The van der Waals surface area contributed by atoms with E-state index in [9.17, 15) is 14.4 Å². The van der Waals surface area contributed by atoms with Crippen LogP contribution in [0.3, 0.4) is 0 Å². The van der Waals surface area contributed by atoms with Crippen LogP contribution in [0.4, 0.5) is 0 Å². The van der Waals surface area contributed by atoms with Crippen molar-refractivity contribution >= 4 is 28.8 Å². The molecule has 28 heavy (non-hydrogen) atoms. The fourth-order valence-electron chi connectivity index (χ4n) is 3.00. The smallest absolute Gasteiger partial charge is 0.318 e. The van der Waals surface area contributed by atoms with Gasteiger partial charge in [-0.3, -0.25) is 19.0 Å². The Kier molecular flexibility index (Phi) is 6.30. The van der Waals surface area contributed by atoms with Gasteiger partial charge in [-0.05, 0) is 43.0 Å². The molecule has 0 aliphatic rings. The summed E-state index contributed by atoms with van der Waals surface area (Å²) in [7, 11) is 0. The molecule has 0 saturated heterocycles. The summed E-state index contributed by atoms with van der Waals surface area (Å²) < 4.78 is 2.69. The van der Waals surface area contributed by atoms with Crippen LogP contribution in [-0.4, -0.2) is 26.3 Å². The lowest BCUT2D eigenvalue weighted by Crippen LogP contribution is -2.42. The quantitative estimate of drug-likeness (QED) is 0.486. The third-order valence-corrected chi connectivity index (χ3v) is 5.26. The van der Waals surface area contributed by atoms with Gasteiger partial charge >= 0.3 is 11.1 Å². The maximum absolute atomic E-state index is 12.5. The van der Waals surface area contributed by atoms with Crippen molar-refractivity contribution in [2.75, 3.05) is 6.26 Å². The van der Waals surface area contributed by atoms with Gasteiger partial charge in [0.05, 0.1) is 5.52 Å². The summed E-state index contributed by atoms with van der Waals surface area (Å²) in [5.41, 5.74) is 0.743. The number of thioether (sulfide) groups is 1. The van der Waals surface area contributed by atoms with Gasteiger partial charge in [0.2, 0.25) is 5.91 Å². The highest BCUT2D eigenvalue weighted by Gasteiger charge is 2.13. The second kappa shape index (κ2) is 8.88. The molecule has 0 aliphatic carbocycles. The van der Waals surface area contributed by atoms with Crippen molar-refractivity contribution in [3.05, 3.63) is 68.9 Å². The Hall–Kier alpha value is -2.87. The molecule has 0 bridgehead atoms. The Bertz CT molecular complexity index is 1100. The van der Waals surface area contributed by atoms with Gasteiger partial charge in [-0.25, -0.2) is 4.98 Å². The molecule has 7 nitrogen and oxygen atoms in total. The number of rotatable bonds is 7. The lowest BCUT2D eigenvalue weighted by Gasteiger charge is -2.13. The summed E-state index contributed by atoms with van der Waals surface area (Å²) in [6.07, 6.45) is 3.69. The Morgan fingerprint density at radius 3 is 2.50 bits per heavy atom. The van der Waals surface area contributed by atoms with Crippen molar-refractivity contribution in [1.29, 1.82) is 0 Å².